The largest absolute Gasteiger partial charge is 0.493 e. The maximum absolute atomic E-state index is 11.6. The van der Waals surface area contributed by atoms with Gasteiger partial charge >= 0.3 is 0 Å². The van der Waals surface area contributed by atoms with Crippen LogP contribution in [-0.2, 0) is 16.4 Å². The van der Waals surface area contributed by atoms with Crippen molar-refractivity contribution >= 4 is 39.8 Å². The van der Waals surface area contributed by atoms with Crippen molar-refractivity contribution in [3.05, 3.63) is 29.8 Å². The van der Waals surface area contributed by atoms with Gasteiger partial charge in [0.2, 0.25) is 0 Å². The number of para-hydroxylation sites is 1. The third kappa shape index (κ3) is 7.48. The molecule has 27 heavy (non-hydrogen) atoms. The van der Waals surface area contributed by atoms with Crippen molar-refractivity contribution < 1.29 is 13.2 Å². The Labute approximate surface area is 179 Å². The second kappa shape index (κ2) is 9.45. The molecule has 6 nitrogen and oxygen atoms in total. The number of benzene rings is 1. The first-order valence-corrected chi connectivity index (χ1v) is 11.3. The molecular formula is C19H30IN3O3S. The zero-order valence-corrected chi connectivity index (χ0v) is 19.2. The Bertz CT molecular complexity index is 759. The van der Waals surface area contributed by atoms with Crippen LogP contribution < -0.4 is 15.4 Å². The number of nitrogens with zero attached hydrogens (tertiary/aromatic N) is 1. The lowest BCUT2D eigenvalue weighted by Crippen LogP contribution is -2.41. The molecule has 0 atom stereocenters. The minimum Gasteiger partial charge on any atom is -0.493 e. The van der Waals surface area contributed by atoms with Gasteiger partial charge in [-0.05, 0) is 37.7 Å². The van der Waals surface area contributed by atoms with Crippen LogP contribution in [0.2, 0.25) is 0 Å². The maximum atomic E-state index is 11.6. The highest BCUT2D eigenvalue weighted by atomic mass is 127. The van der Waals surface area contributed by atoms with E-state index in [4.69, 9.17) is 4.74 Å². The van der Waals surface area contributed by atoms with E-state index in [1.54, 1.807) is 7.05 Å². The standard InChI is InChI=1S/C19H29N3O3S.HI/c1-20-18(22-13-19(9-10-19)14-26(2,23)24)21-11-16-5-3-4-6-17(16)25-12-15-7-8-15;/h3-6,15H,7-14H2,1-2H3,(H2,20,21,22);1H. The van der Waals surface area contributed by atoms with E-state index in [1.807, 2.05) is 18.2 Å². The number of hydrogen-bond donors (Lipinski definition) is 2. The molecule has 2 aliphatic rings. The van der Waals surface area contributed by atoms with E-state index in [2.05, 4.69) is 21.7 Å². The first kappa shape index (κ1) is 22.3. The molecular weight excluding hydrogens is 477 g/mol. The van der Waals surface area contributed by atoms with Crippen LogP contribution in [0.25, 0.3) is 0 Å². The Morgan fingerprint density at radius 3 is 2.56 bits per heavy atom. The fourth-order valence-electron chi connectivity index (χ4n) is 3.06. The summed E-state index contributed by atoms with van der Waals surface area (Å²) in [6, 6.07) is 8.04. The van der Waals surface area contributed by atoms with Gasteiger partial charge < -0.3 is 15.4 Å². The predicted octanol–water partition coefficient (Wildman–Crippen LogP) is 2.58. The zero-order chi connectivity index (χ0) is 18.6. The third-order valence-corrected chi connectivity index (χ3v) is 6.11. The summed E-state index contributed by atoms with van der Waals surface area (Å²) >= 11 is 0. The Hall–Kier alpha value is -1.03. The van der Waals surface area contributed by atoms with E-state index in [0.717, 1.165) is 36.7 Å². The van der Waals surface area contributed by atoms with Crippen molar-refractivity contribution in [2.24, 2.45) is 16.3 Å². The molecule has 0 aromatic heterocycles. The molecule has 3 rings (SSSR count). The number of aliphatic imine (C=N–C) groups is 1. The lowest BCUT2D eigenvalue weighted by atomic mass is 10.1. The molecule has 0 spiro atoms. The molecule has 0 amide bonds. The van der Waals surface area contributed by atoms with Gasteiger partial charge in [0, 0.05) is 37.4 Å². The second-order valence-electron chi connectivity index (χ2n) is 7.71. The SMILES string of the molecule is CN=C(NCc1ccccc1OCC1CC1)NCC1(CS(C)(=O)=O)CC1.I. The highest BCUT2D eigenvalue weighted by Crippen LogP contribution is 2.46. The topological polar surface area (TPSA) is 79.8 Å². The minimum absolute atomic E-state index is 0. The van der Waals surface area contributed by atoms with Crippen LogP contribution in [0.3, 0.4) is 0 Å². The number of nitrogens with one attached hydrogen (secondary N) is 2. The van der Waals surface area contributed by atoms with Gasteiger partial charge in [-0.15, -0.1) is 24.0 Å². The predicted molar refractivity (Wildman–Crippen MR) is 120 cm³/mol. The van der Waals surface area contributed by atoms with Crippen LogP contribution in [-0.4, -0.2) is 46.6 Å². The molecule has 2 aliphatic carbocycles. The van der Waals surface area contributed by atoms with Crippen LogP contribution in [0.1, 0.15) is 31.2 Å². The van der Waals surface area contributed by atoms with Gasteiger partial charge in [-0.1, -0.05) is 18.2 Å². The Morgan fingerprint density at radius 2 is 1.96 bits per heavy atom. The number of halogens is 1. The van der Waals surface area contributed by atoms with E-state index >= 15 is 0 Å². The van der Waals surface area contributed by atoms with Gasteiger partial charge in [0.1, 0.15) is 15.6 Å². The molecule has 0 heterocycles. The van der Waals surface area contributed by atoms with Crippen LogP contribution >= 0.6 is 24.0 Å². The molecule has 2 fully saturated rings. The number of rotatable bonds is 9. The number of ether oxygens (including phenoxy) is 1. The van der Waals surface area contributed by atoms with E-state index < -0.39 is 9.84 Å². The molecule has 0 aliphatic heterocycles. The van der Waals surface area contributed by atoms with Crippen LogP contribution in [0.15, 0.2) is 29.3 Å². The molecule has 0 unspecified atom stereocenters. The summed E-state index contributed by atoms with van der Waals surface area (Å²) in [6.45, 7) is 2.02. The number of hydrogen-bond acceptors (Lipinski definition) is 4. The molecule has 1 aromatic carbocycles. The van der Waals surface area contributed by atoms with Crippen molar-refractivity contribution in [1.29, 1.82) is 0 Å². The summed E-state index contributed by atoms with van der Waals surface area (Å²) in [5, 5.41) is 6.58. The highest BCUT2D eigenvalue weighted by molar-refractivity contribution is 14.0. The lowest BCUT2D eigenvalue weighted by Gasteiger charge is -2.18. The Kier molecular flexibility index (Phi) is 7.79. The average molecular weight is 507 g/mol. The maximum Gasteiger partial charge on any atom is 0.191 e. The molecule has 1 aromatic rings. The number of guanidine groups is 1. The van der Waals surface area contributed by atoms with Crippen molar-refractivity contribution in [2.75, 3.05) is 32.2 Å². The van der Waals surface area contributed by atoms with Crippen LogP contribution in [0.5, 0.6) is 5.75 Å². The van der Waals surface area contributed by atoms with Gasteiger partial charge in [-0.25, -0.2) is 8.42 Å². The van der Waals surface area contributed by atoms with Crippen molar-refractivity contribution in [1.82, 2.24) is 10.6 Å². The molecule has 2 N–H and O–H groups in total. The fraction of sp³-hybridized carbons (Fsp3) is 0.632. The van der Waals surface area contributed by atoms with Crippen molar-refractivity contribution in [2.45, 2.75) is 32.2 Å². The Morgan fingerprint density at radius 1 is 1.26 bits per heavy atom. The third-order valence-electron chi connectivity index (χ3n) is 4.97. The molecule has 2 saturated carbocycles. The smallest absolute Gasteiger partial charge is 0.191 e. The quantitative estimate of drug-likeness (QED) is 0.305. The minimum atomic E-state index is -2.96. The summed E-state index contributed by atoms with van der Waals surface area (Å²) in [6.07, 6.45) is 5.74. The summed E-state index contributed by atoms with van der Waals surface area (Å²) in [4.78, 5) is 4.25. The summed E-state index contributed by atoms with van der Waals surface area (Å²) in [5.41, 5.74) is 0.963. The van der Waals surface area contributed by atoms with Crippen molar-refractivity contribution in [3.8, 4) is 5.75 Å². The first-order chi connectivity index (χ1) is 12.4. The van der Waals surface area contributed by atoms with Gasteiger partial charge in [0.25, 0.3) is 0 Å². The monoisotopic (exact) mass is 507 g/mol. The first-order valence-electron chi connectivity index (χ1n) is 9.22. The van der Waals surface area contributed by atoms with Gasteiger partial charge in [-0.3, -0.25) is 4.99 Å². The van der Waals surface area contributed by atoms with Crippen LogP contribution in [0.4, 0.5) is 0 Å². The van der Waals surface area contributed by atoms with E-state index in [0.29, 0.717) is 19.0 Å². The molecule has 152 valence electrons. The highest BCUT2D eigenvalue weighted by Gasteiger charge is 2.45. The summed E-state index contributed by atoms with van der Waals surface area (Å²) in [7, 11) is -1.24. The zero-order valence-electron chi connectivity index (χ0n) is 16.0. The second-order valence-corrected chi connectivity index (χ2v) is 9.85. The Balaban J connectivity index is 0.00000261. The van der Waals surface area contributed by atoms with E-state index in [-0.39, 0.29) is 35.1 Å². The summed E-state index contributed by atoms with van der Waals surface area (Å²) < 4.78 is 29.1. The van der Waals surface area contributed by atoms with Gasteiger partial charge in [0.15, 0.2) is 5.96 Å². The number of sulfone groups is 1. The fourth-order valence-corrected chi connectivity index (χ4v) is 4.56. The van der Waals surface area contributed by atoms with E-state index in [1.165, 1.54) is 19.1 Å². The lowest BCUT2D eigenvalue weighted by molar-refractivity contribution is 0.296. The van der Waals surface area contributed by atoms with Crippen LogP contribution in [0, 0.1) is 11.3 Å². The normalized spacial score (nSPS) is 18.4. The van der Waals surface area contributed by atoms with Gasteiger partial charge in [0.05, 0.1) is 12.4 Å². The molecule has 0 bridgehead atoms. The molecule has 0 radical (unpaired) electrons. The van der Waals surface area contributed by atoms with Crippen molar-refractivity contribution in [3.63, 3.8) is 0 Å². The molecule has 0 saturated heterocycles. The van der Waals surface area contributed by atoms with E-state index in [9.17, 15) is 8.42 Å². The summed E-state index contributed by atoms with van der Waals surface area (Å²) in [5.74, 6) is 2.55. The average Bonchev–Trinajstić information content (AvgIpc) is 3.50. The molecule has 8 heteroatoms. The van der Waals surface area contributed by atoms with Gasteiger partial charge in [-0.2, -0.15) is 0 Å².